The van der Waals surface area contributed by atoms with Crippen molar-refractivity contribution in [2.75, 3.05) is 11.5 Å². The van der Waals surface area contributed by atoms with Gasteiger partial charge in [-0.2, -0.15) is 5.26 Å². The van der Waals surface area contributed by atoms with Crippen molar-refractivity contribution in [3.05, 3.63) is 22.7 Å². The minimum absolute atomic E-state index is 0.519. The van der Waals surface area contributed by atoms with Crippen LogP contribution in [0.4, 0.5) is 5.69 Å². The Kier molecular flexibility index (Phi) is 5.50. The third-order valence-electron chi connectivity index (χ3n) is 2.09. The molecule has 1 atom stereocenters. The van der Waals surface area contributed by atoms with Gasteiger partial charge in [-0.3, -0.25) is 4.21 Å². The van der Waals surface area contributed by atoms with Crippen molar-refractivity contribution in [1.82, 2.24) is 0 Å². The van der Waals surface area contributed by atoms with Crippen molar-refractivity contribution in [2.24, 2.45) is 0 Å². The van der Waals surface area contributed by atoms with Crippen LogP contribution in [0.1, 0.15) is 19.3 Å². The van der Waals surface area contributed by atoms with Crippen LogP contribution in [0.3, 0.4) is 0 Å². The van der Waals surface area contributed by atoms with E-state index in [1.807, 2.05) is 6.07 Å². The van der Waals surface area contributed by atoms with Crippen molar-refractivity contribution in [3.63, 3.8) is 0 Å². The van der Waals surface area contributed by atoms with E-state index in [4.69, 9.17) is 11.0 Å². The minimum Gasteiger partial charge on any atom is -0.398 e. The number of hydrogen-bond acceptors (Lipinski definition) is 3. The number of unbranched alkanes of at least 4 members (excludes halogenated alkanes) is 2. The molecule has 0 aliphatic heterocycles. The van der Waals surface area contributed by atoms with Gasteiger partial charge < -0.3 is 5.73 Å². The highest BCUT2D eigenvalue weighted by molar-refractivity contribution is 9.10. The van der Waals surface area contributed by atoms with Gasteiger partial charge in [-0.1, -0.05) is 15.9 Å². The molecular weight excluding hydrogens is 288 g/mol. The molecule has 0 saturated carbocycles. The summed E-state index contributed by atoms with van der Waals surface area (Å²) in [6, 6.07) is 7.43. The molecule has 0 aromatic heterocycles. The van der Waals surface area contributed by atoms with Crippen LogP contribution < -0.4 is 5.73 Å². The number of nitrogen functional groups attached to an aromatic ring is 1. The Morgan fingerprint density at radius 3 is 2.88 bits per heavy atom. The molecule has 2 N–H and O–H groups in total. The number of rotatable bonds is 5. The maximum absolute atomic E-state index is 11.9. The molecule has 1 rings (SSSR count). The minimum atomic E-state index is -1.07. The fraction of sp³-hybridized carbons (Fsp3) is 0.364. The van der Waals surface area contributed by atoms with Crippen molar-refractivity contribution in [1.29, 1.82) is 5.26 Å². The zero-order valence-electron chi connectivity index (χ0n) is 8.78. The highest BCUT2D eigenvalue weighted by atomic mass is 79.9. The standard InChI is InChI=1S/C11H13BrN2OS/c12-9-4-5-10(14)11(8-9)16(15)7-3-1-2-6-13/h4-5,8H,1-3,7,14H2. The van der Waals surface area contributed by atoms with Gasteiger partial charge in [0.25, 0.3) is 0 Å². The van der Waals surface area contributed by atoms with Crippen molar-refractivity contribution in [3.8, 4) is 6.07 Å². The third-order valence-corrected chi connectivity index (χ3v) is 4.09. The van der Waals surface area contributed by atoms with Crippen molar-refractivity contribution < 1.29 is 4.21 Å². The van der Waals surface area contributed by atoms with Crippen LogP contribution in [0.15, 0.2) is 27.6 Å². The first-order chi connectivity index (χ1) is 7.65. The van der Waals surface area contributed by atoms with Crippen LogP contribution in [0, 0.1) is 11.3 Å². The van der Waals surface area contributed by atoms with Crippen LogP contribution in [-0.2, 0) is 10.8 Å². The molecule has 0 aliphatic carbocycles. The lowest BCUT2D eigenvalue weighted by Crippen LogP contribution is -2.02. The fourth-order valence-electron chi connectivity index (χ4n) is 1.25. The molecule has 16 heavy (non-hydrogen) atoms. The molecule has 0 heterocycles. The van der Waals surface area contributed by atoms with E-state index in [9.17, 15) is 4.21 Å². The highest BCUT2D eigenvalue weighted by Gasteiger charge is 2.08. The summed E-state index contributed by atoms with van der Waals surface area (Å²) in [4.78, 5) is 0.673. The van der Waals surface area contributed by atoms with E-state index in [-0.39, 0.29) is 0 Å². The van der Waals surface area contributed by atoms with Gasteiger partial charge in [0.15, 0.2) is 0 Å². The third kappa shape index (κ3) is 3.95. The van der Waals surface area contributed by atoms with Gasteiger partial charge in [-0.05, 0) is 31.0 Å². The lowest BCUT2D eigenvalue weighted by molar-refractivity contribution is 0.678. The second-order valence-corrected chi connectivity index (χ2v) is 5.80. The Labute approximate surface area is 106 Å². The normalized spacial score (nSPS) is 12.0. The zero-order valence-corrected chi connectivity index (χ0v) is 11.2. The maximum Gasteiger partial charge on any atom is 0.0628 e. The largest absolute Gasteiger partial charge is 0.398 e. The average Bonchev–Trinajstić information content (AvgIpc) is 2.27. The molecule has 3 nitrogen and oxygen atoms in total. The van der Waals surface area contributed by atoms with Gasteiger partial charge in [0.1, 0.15) is 0 Å². The number of benzene rings is 1. The molecule has 0 spiro atoms. The SMILES string of the molecule is N#CCCCCS(=O)c1cc(Br)ccc1N. The second-order valence-electron chi connectivity index (χ2n) is 3.35. The number of halogens is 1. The Bertz CT molecular complexity index is 428. The Morgan fingerprint density at radius 2 is 2.19 bits per heavy atom. The van der Waals surface area contributed by atoms with Gasteiger partial charge in [0.05, 0.1) is 21.8 Å². The summed E-state index contributed by atoms with van der Waals surface area (Å²) in [5.74, 6) is 0.558. The van der Waals surface area contributed by atoms with E-state index in [2.05, 4.69) is 22.0 Å². The fourth-order valence-corrected chi connectivity index (χ4v) is 3.04. The molecule has 1 unspecified atom stereocenters. The number of anilines is 1. The summed E-state index contributed by atoms with van der Waals surface area (Å²) in [6.45, 7) is 0. The van der Waals surface area contributed by atoms with Gasteiger partial charge in [-0.15, -0.1) is 0 Å². The molecule has 1 aromatic rings. The van der Waals surface area contributed by atoms with Crippen LogP contribution in [-0.4, -0.2) is 9.96 Å². The molecule has 0 aliphatic rings. The van der Waals surface area contributed by atoms with Crippen molar-refractivity contribution in [2.45, 2.75) is 24.2 Å². The highest BCUT2D eigenvalue weighted by Crippen LogP contribution is 2.22. The Hall–Kier alpha value is -0.860. The molecule has 1 aromatic carbocycles. The topological polar surface area (TPSA) is 66.9 Å². The summed E-state index contributed by atoms with van der Waals surface area (Å²) in [6.07, 6.45) is 2.09. The molecule has 0 amide bonds. The average molecular weight is 301 g/mol. The van der Waals surface area contributed by atoms with Crippen LogP contribution in [0.2, 0.25) is 0 Å². The van der Waals surface area contributed by atoms with Gasteiger partial charge >= 0.3 is 0 Å². The number of hydrogen-bond donors (Lipinski definition) is 1. The number of nitrogens with two attached hydrogens (primary N) is 1. The van der Waals surface area contributed by atoms with E-state index in [0.29, 0.717) is 22.8 Å². The number of nitriles is 1. The van der Waals surface area contributed by atoms with Gasteiger partial charge in [0, 0.05) is 22.3 Å². The summed E-state index contributed by atoms with van der Waals surface area (Å²) in [5.41, 5.74) is 6.31. The van der Waals surface area contributed by atoms with E-state index < -0.39 is 10.8 Å². The van der Waals surface area contributed by atoms with Gasteiger partial charge in [0.2, 0.25) is 0 Å². The lowest BCUT2D eigenvalue weighted by atomic mass is 10.3. The van der Waals surface area contributed by atoms with Crippen LogP contribution in [0.25, 0.3) is 0 Å². The second kappa shape index (κ2) is 6.66. The summed E-state index contributed by atoms with van der Waals surface area (Å²) >= 11 is 3.32. The summed E-state index contributed by atoms with van der Waals surface area (Å²) in [5, 5.41) is 8.38. The molecule has 0 bridgehead atoms. The Morgan fingerprint density at radius 1 is 1.44 bits per heavy atom. The predicted octanol–water partition coefficient (Wildman–Crippen LogP) is 2.83. The molecule has 0 fully saturated rings. The van der Waals surface area contributed by atoms with E-state index in [1.165, 1.54) is 0 Å². The Balaban J connectivity index is 2.59. The molecule has 0 saturated heterocycles. The quantitative estimate of drug-likeness (QED) is 0.671. The molecular formula is C11H13BrN2OS. The monoisotopic (exact) mass is 300 g/mol. The van der Waals surface area contributed by atoms with E-state index in [1.54, 1.807) is 12.1 Å². The first kappa shape index (κ1) is 13.2. The maximum atomic E-state index is 11.9. The predicted molar refractivity (Wildman–Crippen MR) is 69.3 cm³/mol. The summed E-state index contributed by atoms with van der Waals surface area (Å²) in [7, 11) is -1.07. The lowest BCUT2D eigenvalue weighted by Gasteiger charge is -2.05. The van der Waals surface area contributed by atoms with Crippen LogP contribution in [0.5, 0.6) is 0 Å². The first-order valence-electron chi connectivity index (χ1n) is 4.95. The number of nitrogens with zero attached hydrogens (tertiary/aromatic N) is 1. The smallest absolute Gasteiger partial charge is 0.0628 e. The summed E-state index contributed by atoms with van der Waals surface area (Å²) < 4.78 is 12.8. The molecule has 86 valence electrons. The van der Waals surface area contributed by atoms with E-state index in [0.717, 1.165) is 17.3 Å². The van der Waals surface area contributed by atoms with E-state index >= 15 is 0 Å². The molecule has 0 radical (unpaired) electrons. The molecule has 5 heteroatoms. The van der Waals surface area contributed by atoms with Crippen LogP contribution >= 0.6 is 15.9 Å². The van der Waals surface area contributed by atoms with Gasteiger partial charge in [-0.25, -0.2) is 0 Å². The van der Waals surface area contributed by atoms with Crippen molar-refractivity contribution >= 4 is 32.4 Å². The zero-order chi connectivity index (χ0) is 12.0. The first-order valence-corrected chi connectivity index (χ1v) is 7.06.